The van der Waals surface area contributed by atoms with Crippen LogP contribution in [0.15, 0.2) is 35.5 Å². The standard InChI is InChI=1S/C16H18FNO/c17-12-7-8-13(16(19)15-6-3-9-18-15)14(10-12)11-4-1-2-5-11/h3,7-11,16,19H,1-2,4-6H2. The number of halogens is 1. The summed E-state index contributed by atoms with van der Waals surface area (Å²) in [5.41, 5.74) is 2.56. The molecular weight excluding hydrogens is 241 g/mol. The summed E-state index contributed by atoms with van der Waals surface area (Å²) in [4.78, 5) is 4.19. The average Bonchev–Trinajstić information content (AvgIpc) is 3.11. The van der Waals surface area contributed by atoms with E-state index in [1.54, 1.807) is 18.3 Å². The van der Waals surface area contributed by atoms with E-state index in [0.29, 0.717) is 12.3 Å². The normalized spacial score (nSPS) is 20.8. The molecule has 100 valence electrons. The summed E-state index contributed by atoms with van der Waals surface area (Å²) in [5.74, 6) is 0.166. The number of benzene rings is 1. The number of aliphatic hydroxyl groups is 1. The van der Waals surface area contributed by atoms with E-state index >= 15 is 0 Å². The van der Waals surface area contributed by atoms with Gasteiger partial charge in [-0.1, -0.05) is 25.0 Å². The first-order valence-electron chi connectivity index (χ1n) is 6.94. The molecule has 0 bridgehead atoms. The Bertz CT molecular complexity index is 530. The van der Waals surface area contributed by atoms with Gasteiger partial charge in [-0.3, -0.25) is 4.99 Å². The van der Waals surface area contributed by atoms with Crippen molar-refractivity contribution in [2.75, 3.05) is 0 Å². The molecule has 1 aromatic rings. The van der Waals surface area contributed by atoms with Gasteiger partial charge in [0.2, 0.25) is 0 Å². The molecule has 2 aliphatic rings. The number of aliphatic imine (C=N–C) groups is 1. The minimum atomic E-state index is -0.703. The highest BCUT2D eigenvalue weighted by molar-refractivity contribution is 5.92. The van der Waals surface area contributed by atoms with Gasteiger partial charge in [0.05, 0.1) is 5.71 Å². The minimum absolute atomic E-state index is 0.218. The molecule has 0 spiro atoms. The van der Waals surface area contributed by atoms with Gasteiger partial charge in [-0.15, -0.1) is 0 Å². The summed E-state index contributed by atoms with van der Waals surface area (Å²) in [6, 6.07) is 4.74. The Labute approximate surface area is 112 Å². The van der Waals surface area contributed by atoms with Crippen molar-refractivity contribution >= 4 is 5.71 Å². The van der Waals surface area contributed by atoms with Crippen molar-refractivity contribution < 1.29 is 9.50 Å². The zero-order chi connectivity index (χ0) is 13.2. The van der Waals surface area contributed by atoms with Crippen LogP contribution in [0.25, 0.3) is 0 Å². The van der Waals surface area contributed by atoms with Gasteiger partial charge in [-0.2, -0.15) is 0 Å². The number of allylic oxidation sites excluding steroid dienone is 1. The monoisotopic (exact) mass is 259 g/mol. The van der Waals surface area contributed by atoms with Gasteiger partial charge in [0, 0.05) is 12.6 Å². The first-order chi connectivity index (χ1) is 9.25. The zero-order valence-corrected chi connectivity index (χ0v) is 10.8. The van der Waals surface area contributed by atoms with Crippen molar-refractivity contribution in [3.8, 4) is 0 Å². The largest absolute Gasteiger partial charge is 0.382 e. The quantitative estimate of drug-likeness (QED) is 0.878. The highest BCUT2D eigenvalue weighted by atomic mass is 19.1. The van der Waals surface area contributed by atoms with E-state index in [2.05, 4.69) is 4.99 Å². The van der Waals surface area contributed by atoms with Gasteiger partial charge in [0.25, 0.3) is 0 Å². The van der Waals surface area contributed by atoms with E-state index in [4.69, 9.17) is 0 Å². The van der Waals surface area contributed by atoms with Crippen LogP contribution in [0.5, 0.6) is 0 Å². The molecule has 19 heavy (non-hydrogen) atoms. The molecular formula is C16H18FNO. The molecule has 1 saturated carbocycles. The van der Waals surface area contributed by atoms with Crippen LogP contribution in [0.3, 0.4) is 0 Å². The molecule has 2 nitrogen and oxygen atoms in total. The van der Waals surface area contributed by atoms with Crippen LogP contribution >= 0.6 is 0 Å². The molecule has 1 aromatic carbocycles. The van der Waals surface area contributed by atoms with E-state index in [-0.39, 0.29) is 5.82 Å². The van der Waals surface area contributed by atoms with Crippen molar-refractivity contribution in [1.29, 1.82) is 0 Å². The number of hydrogen-bond acceptors (Lipinski definition) is 2. The van der Waals surface area contributed by atoms with E-state index in [1.165, 1.54) is 18.9 Å². The van der Waals surface area contributed by atoms with Gasteiger partial charge in [-0.05, 0) is 42.0 Å². The molecule has 0 amide bonds. The van der Waals surface area contributed by atoms with Crippen molar-refractivity contribution in [3.05, 3.63) is 47.4 Å². The highest BCUT2D eigenvalue weighted by Crippen LogP contribution is 2.38. The summed E-state index contributed by atoms with van der Waals surface area (Å²) < 4.78 is 13.5. The second-order valence-corrected chi connectivity index (χ2v) is 5.37. The maximum atomic E-state index is 13.5. The summed E-state index contributed by atoms with van der Waals surface area (Å²) in [7, 11) is 0. The van der Waals surface area contributed by atoms with Gasteiger partial charge in [0.15, 0.2) is 0 Å². The van der Waals surface area contributed by atoms with Gasteiger partial charge in [0.1, 0.15) is 11.9 Å². The molecule has 1 unspecified atom stereocenters. The Balaban J connectivity index is 1.95. The molecule has 1 fully saturated rings. The average molecular weight is 259 g/mol. The maximum Gasteiger partial charge on any atom is 0.123 e. The van der Waals surface area contributed by atoms with Gasteiger partial charge >= 0.3 is 0 Å². The SMILES string of the molecule is OC(C1=NC=CC1)c1ccc(F)cc1C1CCCC1. The number of aliphatic hydroxyl groups excluding tert-OH is 1. The topological polar surface area (TPSA) is 32.6 Å². The third kappa shape index (κ3) is 2.47. The predicted octanol–water partition coefficient (Wildman–Crippen LogP) is 3.88. The molecule has 0 radical (unpaired) electrons. The van der Waals surface area contributed by atoms with Crippen LogP contribution in [0.1, 0.15) is 55.3 Å². The molecule has 3 heteroatoms. The zero-order valence-electron chi connectivity index (χ0n) is 10.8. The highest BCUT2D eigenvalue weighted by Gasteiger charge is 2.25. The van der Waals surface area contributed by atoms with Crippen LogP contribution < -0.4 is 0 Å². The predicted molar refractivity (Wildman–Crippen MR) is 73.8 cm³/mol. The second-order valence-electron chi connectivity index (χ2n) is 5.37. The lowest BCUT2D eigenvalue weighted by atomic mass is 9.88. The van der Waals surface area contributed by atoms with Crippen molar-refractivity contribution in [3.63, 3.8) is 0 Å². The Morgan fingerprint density at radius 1 is 1.26 bits per heavy atom. The molecule has 1 atom stereocenters. The maximum absolute atomic E-state index is 13.5. The lowest BCUT2D eigenvalue weighted by molar-refractivity contribution is 0.244. The van der Waals surface area contributed by atoms with E-state index < -0.39 is 6.10 Å². The van der Waals surface area contributed by atoms with Crippen LogP contribution in [-0.2, 0) is 0 Å². The van der Waals surface area contributed by atoms with Crippen LogP contribution in [-0.4, -0.2) is 10.8 Å². The van der Waals surface area contributed by atoms with Gasteiger partial charge in [-0.25, -0.2) is 4.39 Å². The van der Waals surface area contributed by atoms with E-state index in [0.717, 1.165) is 29.7 Å². The second kappa shape index (κ2) is 5.25. The molecule has 1 heterocycles. The lowest BCUT2D eigenvalue weighted by Gasteiger charge is -2.20. The molecule has 1 N–H and O–H groups in total. The Hall–Kier alpha value is -1.48. The number of nitrogens with zero attached hydrogens (tertiary/aromatic N) is 1. The first kappa shape index (κ1) is 12.5. The van der Waals surface area contributed by atoms with Crippen molar-refractivity contribution in [1.82, 2.24) is 0 Å². The Morgan fingerprint density at radius 3 is 2.74 bits per heavy atom. The van der Waals surface area contributed by atoms with E-state index in [1.807, 2.05) is 6.08 Å². The van der Waals surface area contributed by atoms with E-state index in [9.17, 15) is 9.50 Å². The summed E-state index contributed by atoms with van der Waals surface area (Å²) in [6.07, 6.45) is 8.20. The summed E-state index contributed by atoms with van der Waals surface area (Å²) in [6.45, 7) is 0. The molecule has 1 aliphatic carbocycles. The van der Waals surface area contributed by atoms with Crippen LogP contribution in [0.2, 0.25) is 0 Å². The number of rotatable bonds is 3. The number of hydrogen-bond donors (Lipinski definition) is 1. The van der Waals surface area contributed by atoms with Crippen molar-refractivity contribution in [2.45, 2.75) is 44.1 Å². The fourth-order valence-corrected chi connectivity index (χ4v) is 3.12. The molecule has 0 saturated heterocycles. The first-order valence-corrected chi connectivity index (χ1v) is 6.94. The van der Waals surface area contributed by atoms with Crippen molar-refractivity contribution in [2.24, 2.45) is 4.99 Å². The smallest absolute Gasteiger partial charge is 0.123 e. The third-order valence-corrected chi connectivity index (χ3v) is 4.13. The molecule has 1 aliphatic heterocycles. The van der Waals surface area contributed by atoms with Crippen LogP contribution in [0, 0.1) is 5.82 Å². The lowest BCUT2D eigenvalue weighted by Crippen LogP contribution is -2.13. The Morgan fingerprint density at radius 2 is 2.05 bits per heavy atom. The van der Waals surface area contributed by atoms with Crippen LogP contribution in [0.4, 0.5) is 4.39 Å². The fraction of sp³-hybridized carbons (Fsp3) is 0.438. The fourth-order valence-electron chi connectivity index (χ4n) is 3.12. The molecule has 0 aromatic heterocycles. The van der Waals surface area contributed by atoms with Gasteiger partial charge < -0.3 is 5.11 Å². The molecule has 3 rings (SSSR count). The Kier molecular flexibility index (Phi) is 3.47. The third-order valence-electron chi connectivity index (χ3n) is 4.13. The summed E-state index contributed by atoms with van der Waals surface area (Å²) >= 11 is 0. The minimum Gasteiger partial charge on any atom is -0.382 e. The summed E-state index contributed by atoms with van der Waals surface area (Å²) in [5, 5.41) is 10.5.